The van der Waals surface area contributed by atoms with E-state index in [4.69, 9.17) is 10.5 Å². The number of fused-ring (bicyclic) bond motifs is 4. The summed E-state index contributed by atoms with van der Waals surface area (Å²) in [5, 5.41) is 0. The minimum absolute atomic E-state index is 0.122. The molecule has 4 aliphatic heterocycles. The van der Waals surface area contributed by atoms with E-state index in [0.717, 1.165) is 48.4 Å². The highest BCUT2D eigenvalue weighted by atomic mass is 19.1. The number of hydrogen-bond donors (Lipinski definition) is 1. The van der Waals surface area contributed by atoms with Gasteiger partial charge in [-0.15, -0.1) is 0 Å². The molecular formula is C28H29FN5O4+. The van der Waals surface area contributed by atoms with Gasteiger partial charge in [0.2, 0.25) is 6.54 Å². The highest BCUT2D eigenvalue weighted by Gasteiger charge is 2.51. The Hall–Kier alpha value is -3.92. The molecule has 196 valence electrons. The van der Waals surface area contributed by atoms with Crippen molar-refractivity contribution >= 4 is 23.7 Å². The largest absolute Gasteiger partial charge is 0.492 e. The van der Waals surface area contributed by atoms with Crippen molar-refractivity contribution in [3.05, 3.63) is 75.6 Å². The van der Waals surface area contributed by atoms with Gasteiger partial charge in [-0.2, -0.15) is 0 Å². The lowest BCUT2D eigenvalue weighted by Crippen LogP contribution is -2.44. The summed E-state index contributed by atoms with van der Waals surface area (Å²) < 4.78 is 19.8. The Bertz CT molecular complexity index is 1380. The first-order valence-electron chi connectivity index (χ1n) is 12.9. The quantitative estimate of drug-likeness (QED) is 0.482. The van der Waals surface area contributed by atoms with Crippen LogP contribution >= 0.6 is 0 Å². The first-order chi connectivity index (χ1) is 18.4. The summed E-state index contributed by atoms with van der Waals surface area (Å²) in [5.41, 5.74) is 9.79. The van der Waals surface area contributed by atoms with Gasteiger partial charge < -0.3 is 15.4 Å². The smallest absolute Gasteiger partial charge is 0.455 e. The van der Waals surface area contributed by atoms with E-state index in [1.54, 1.807) is 24.5 Å². The number of aliphatic imine (C=N–C) groups is 1. The number of rotatable bonds is 5. The SMILES string of the molecule is N/C=C(\C=Nc1ccc(F)cc1)CN1CCC2(CC1)COc1c2ccc2c1CN(C1CC[N+](=O)C1=O)C2=O. The van der Waals surface area contributed by atoms with E-state index in [2.05, 4.69) is 9.89 Å². The number of amides is 2. The number of nitrogens with two attached hydrogens (primary N) is 1. The molecule has 0 radical (unpaired) electrons. The van der Waals surface area contributed by atoms with Gasteiger partial charge in [0.05, 0.1) is 23.6 Å². The second kappa shape index (κ2) is 9.43. The van der Waals surface area contributed by atoms with Gasteiger partial charge in [0, 0.05) is 46.2 Å². The number of hydrogen-bond acceptors (Lipinski definition) is 7. The van der Waals surface area contributed by atoms with Gasteiger partial charge in [0.1, 0.15) is 11.6 Å². The first kappa shape index (κ1) is 24.4. The fraction of sp³-hybridized carbons (Fsp3) is 0.393. The standard InChI is InChI=1S/C28H29FN5O4/c29-19-1-3-20(4-2-19)31-14-18(13-30)15-32-11-8-28(9-12-32)17-38-25-22-16-33(24-7-10-34(37)27(24)36)26(35)21(22)5-6-23(25)28/h1-6,13-14,24H,7-12,15-17,30H2/q+1/b18-13+,31-14?. The molecule has 38 heavy (non-hydrogen) atoms. The van der Waals surface area contributed by atoms with E-state index >= 15 is 0 Å². The van der Waals surface area contributed by atoms with Gasteiger partial charge in [-0.25, -0.2) is 9.18 Å². The third-order valence-electron chi connectivity index (χ3n) is 8.30. The van der Waals surface area contributed by atoms with E-state index in [-0.39, 0.29) is 23.7 Å². The number of halogens is 1. The fourth-order valence-electron chi connectivity index (χ4n) is 6.07. The molecule has 1 atom stereocenters. The van der Waals surface area contributed by atoms with Crippen molar-refractivity contribution in [2.45, 2.75) is 37.3 Å². The highest BCUT2D eigenvalue weighted by molar-refractivity contribution is 6.01. The molecule has 2 amide bonds. The molecule has 2 aromatic carbocycles. The number of piperidine rings is 1. The van der Waals surface area contributed by atoms with Gasteiger partial charge >= 0.3 is 5.91 Å². The number of carbonyl (C=O) groups is 2. The molecule has 0 bridgehead atoms. The summed E-state index contributed by atoms with van der Waals surface area (Å²) in [7, 11) is 0. The van der Waals surface area contributed by atoms with Gasteiger partial charge in [-0.3, -0.25) is 14.7 Å². The molecule has 0 aromatic heterocycles. The van der Waals surface area contributed by atoms with Gasteiger partial charge in [-0.05, 0) is 68.0 Å². The zero-order valence-electron chi connectivity index (χ0n) is 20.9. The van der Waals surface area contributed by atoms with Crippen LogP contribution in [0.5, 0.6) is 5.75 Å². The average Bonchev–Trinajstić information content (AvgIpc) is 3.57. The molecule has 1 spiro atoms. The van der Waals surface area contributed by atoms with Crippen LogP contribution in [-0.4, -0.2) is 71.4 Å². The Kier molecular flexibility index (Phi) is 6.06. The molecule has 1 unspecified atom stereocenters. The van der Waals surface area contributed by atoms with Crippen LogP contribution in [-0.2, 0) is 16.8 Å². The van der Waals surface area contributed by atoms with Crippen LogP contribution in [0.15, 0.2) is 53.2 Å². The predicted molar refractivity (Wildman–Crippen MR) is 138 cm³/mol. The summed E-state index contributed by atoms with van der Waals surface area (Å²) in [4.78, 5) is 45.3. The van der Waals surface area contributed by atoms with Crippen molar-refractivity contribution in [2.24, 2.45) is 10.7 Å². The molecular weight excluding hydrogens is 489 g/mol. The van der Waals surface area contributed by atoms with Crippen LogP contribution in [0, 0.1) is 10.7 Å². The number of ether oxygens (including phenoxy) is 1. The van der Waals surface area contributed by atoms with E-state index in [0.29, 0.717) is 42.1 Å². The van der Waals surface area contributed by atoms with Crippen molar-refractivity contribution in [2.75, 3.05) is 32.8 Å². The topological polar surface area (TPSA) is 108 Å². The van der Waals surface area contributed by atoms with Crippen LogP contribution in [0.25, 0.3) is 0 Å². The van der Waals surface area contributed by atoms with Gasteiger partial charge in [0.15, 0.2) is 6.04 Å². The molecule has 0 saturated carbocycles. The van der Waals surface area contributed by atoms with Crippen molar-refractivity contribution in [1.82, 2.24) is 9.80 Å². The lowest BCUT2D eigenvalue weighted by Gasteiger charge is -2.38. The predicted octanol–water partition coefficient (Wildman–Crippen LogP) is 2.83. The number of likely N-dealkylation sites (tertiary alicyclic amines) is 1. The van der Waals surface area contributed by atoms with Crippen molar-refractivity contribution in [3.8, 4) is 5.75 Å². The summed E-state index contributed by atoms with van der Waals surface area (Å²) in [6.45, 7) is 3.33. The molecule has 4 heterocycles. The minimum atomic E-state index is -0.696. The summed E-state index contributed by atoms with van der Waals surface area (Å²) in [5.74, 6) is -0.280. The normalized spacial score (nSPS) is 23.0. The van der Waals surface area contributed by atoms with E-state index in [1.165, 1.54) is 17.0 Å². The Labute approximate surface area is 219 Å². The van der Waals surface area contributed by atoms with Crippen molar-refractivity contribution < 1.29 is 23.5 Å². The summed E-state index contributed by atoms with van der Waals surface area (Å²) >= 11 is 0. The van der Waals surface area contributed by atoms with Crippen LogP contribution in [0.1, 0.15) is 40.7 Å². The lowest BCUT2D eigenvalue weighted by atomic mass is 9.74. The van der Waals surface area contributed by atoms with E-state index in [9.17, 15) is 18.9 Å². The monoisotopic (exact) mass is 518 g/mol. The number of benzene rings is 2. The molecule has 2 aromatic rings. The molecule has 2 N–H and O–H groups in total. The molecule has 2 saturated heterocycles. The van der Waals surface area contributed by atoms with Gasteiger partial charge in [0.25, 0.3) is 5.91 Å². The third kappa shape index (κ3) is 4.09. The summed E-state index contributed by atoms with van der Waals surface area (Å²) in [6.07, 6.45) is 5.43. The molecule has 2 fully saturated rings. The molecule has 9 nitrogen and oxygen atoms in total. The van der Waals surface area contributed by atoms with Gasteiger partial charge in [-0.1, -0.05) is 6.07 Å². The third-order valence-corrected chi connectivity index (χ3v) is 8.30. The van der Waals surface area contributed by atoms with E-state index in [1.807, 2.05) is 12.1 Å². The zero-order chi connectivity index (χ0) is 26.4. The maximum Gasteiger partial charge on any atom is 0.455 e. The van der Waals surface area contributed by atoms with Crippen LogP contribution in [0.3, 0.4) is 0 Å². The molecule has 0 aliphatic carbocycles. The maximum atomic E-state index is 13.1. The minimum Gasteiger partial charge on any atom is -0.492 e. The molecule has 10 heteroatoms. The maximum absolute atomic E-state index is 13.1. The first-order valence-corrected chi connectivity index (χ1v) is 12.9. The van der Waals surface area contributed by atoms with E-state index < -0.39 is 11.9 Å². The average molecular weight is 519 g/mol. The van der Waals surface area contributed by atoms with Crippen LogP contribution in [0.4, 0.5) is 10.1 Å². The number of carbonyl (C=O) groups excluding carboxylic acids is 2. The molecule has 4 aliphatic rings. The number of nitrogens with zero attached hydrogens (tertiary/aromatic N) is 4. The van der Waals surface area contributed by atoms with Crippen molar-refractivity contribution in [1.29, 1.82) is 0 Å². The Morgan fingerprint density at radius 3 is 2.63 bits per heavy atom. The zero-order valence-corrected chi connectivity index (χ0v) is 20.9. The second-order valence-corrected chi connectivity index (χ2v) is 10.5. The second-order valence-electron chi connectivity index (χ2n) is 10.5. The van der Waals surface area contributed by atoms with Crippen LogP contribution < -0.4 is 10.5 Å². The number of nitroso groups, excluding NO2 is 1. The van der Waals surface area contributed by atoms with Crippen LogP contribution in [0.2, 0.25) is 0 Å². The summed E-state index contributed by atoms with van der Waals surface area (Å²) in [6, 6.07) is 9.16. The fourth-order valence-corrected chi connectivity index (χ4v) is 6.07. The highest BCUT2D eigenvalue weighted by Crippen LogP contribution is 2.49. The Morgan fingerprint density at radius 1 is 1.18 bits per heavy atom. The lowest BCUT2D eigenvalue weighted by molar-refractivity contribution is -0.454. The Morgan fingerprint density at radius 2 is 1.95 bits per heavy atom. The Balaban J connectivity index is 1.13. The van der Waals surface area contributed by atoms with Crippen molar-refractivity contribution in [3.63, 3.8) is 0 Å². The molecule has 6 rings (SSSR count).